The topological polar surface area (TPSA) is 67.7 Å². The van der Waals surface area contributed by atoms with Crippen molar-refractivity contribution in [2.45, 2.75) is 45.6 Å². The van der Waals surface area contributed by atoms with Gasteiger partial charge in [0.25, 0.3) is 11.5 Å². The number of aromatic nitrogens is 2. The Kier molecular flexibility index (Phi) is 6.52. The first-order valence-corrected chi connectivity index (χ1v) is 12.4. The molecule has 178 valence electrons. The normalized spacial score (nSPS) is 16.6. The predicted molar refractivity (Wildman–Crippen MR) is 134 cm³/mol. The maximum Gasteiger partial charge on any atom is 0.261 e. The second kappa shape index (κ2) is 9.87. The van der Waals surface area contributed by atoms with Gasteiger partial charge in [0.15, 0.2) is 0 Å². The van der Waals surface area contributed by atoms with Gasteiger partial charge < -0.3 is 14.5 Å². The van der Waals surface area contributed by atoms with E-state index in [9.17, 15) is 9.59 Å². The Balaban J connectivity index is 1.34. The van der Waals surface area contributed by atoms with E-state index in [1.165, 1.54) is 6.42 Å². The van der Waals surface area contributed by atoms with E-state index < -0.39 is 0 Å². The van der Waals surface area contributed by atoms with Gasteiger partial charge in [0, 0.05) is 44.7 Å². The van der Waals surface area contributed by atoms with Crippen LogP contribution in [0.3, 0.4) is 0 Å². The zero-order valence-electron chi connectivity index (χ0n) is 19.8. The molecule has 7 nitrogen and oxygen atoms in total. The lowest BCUT2D eigenvalue weighted by Gasteiger charge is -2.36. The minimum Gasteiger partial charge on any atom is -0.492 e. The average molecular weight is 461 g/mol. The van der Waals surface area contributed by atoms with Crippen LogP contribution in [0, 0.1) is 0 Å². The number of nitrogens with zero attached hydrogens (tertiary/aromatic N) is 4. The minimum atomic E-state index is -0.00621. The third-order valence-corrected chi connectivity index (χ3v) is 6.89. The van der Waals surface area contributed by atoms with Crippen molar-refractivity contribution in [3.8, 4) is 5.75 Å². The van der Waals surface area contributed by atoms with Crippen LogP contribution >= 0.6 is 0 Å². The van der Waals surface area contributed by atoms with Gasteiger partial charge in [-0.1, -0.05) is 25.0 Å². The number of piperazine rings is 1. The van der Waals surface area contributed by atoms with Crippen LogP contribution in [0.1, 0.15) is 48.8 Å². The van der Waals surface area contributed by atoms with Crippen LogP contribution in [-0.2, 0) is 13.0 Å². The molecule has 7 heteroatoms. The Morgan fingerprint density at radius 2 is 1.76 bits per heavy atom. The molecule has 0 bridgehead atoms. The highest BCUT2D eigenvalue weighted by atomic mass is 16.5. The Morgan fingerprint density at radius 1 is 0.971 bits per heavy atom. The lowest BCUT2D eigenvalue weighted by Crippen LogP contribution is -2.48. The lowest BCUT2D eigenvalue weighted by molar-refractivity contribution is 0.0747. The molecular weight excluding hydrogens is 428 g/mol. The second-order valence-electron chi connectivity index (χ2n) is 9.06. The number of para-hydroxylation sites is 2. The molecule has 0 atom stereocenters. The molecule has 5 rings (SSSR count). The zero-order chi connectivity index (χ0) is 23.5. The van der Waals surface area contributed by atoms with Crippen LogP contribution in [0.2, 0.25) is 0 Å². The highest BCUT2D eigenvalue weighted by Gasteiger charge is 2.24. The molecule has 34 heavy (non-hydrogen) atoms. The lowest BCUT2D eigenvalue weighted by atomic mass is 10.1. The molecule has 2 aliphatic heterocycles. The first-order chi connectivity index (χ1) is 16.7. The molecule has 2 aliphatic rings. The summed E-state index contributed by atoms with van der Waals surface area (Å²) >= 11 is 0. The molecular formula is C27H32N4O3. The fourth-order valence-electron chi connectivity index (χ4n) is 5.06. The van der Waals surface area contributed by atoms with Gasteiger partial charge in [-0.3, -0.25) is 14.2 Å². The molecule has 0 saturated carbocycles. The number of aryl methyl sites for hydroxylation is 1. The monoisotopic (exact) mass is 460 g/mol. The van der Waals surface area contributed by atoms with E-state index in [1.807, 2.05) is 34.6 Å². The van der Waals surface area contributed by atoms with Crippen molar-refractivity contribution in [1.82, 2.24) is 14.5 Å². The van der Waals surface area contributed by atoms with E-state index in [-0.39, 0.29) is 11.5 Å². The summed E-state index contributed by atoms with van der Waals surface area (Å²) in [5.41, 5.74) is 2.32. The molecule has 1 saturated heterocycles. The molecule has 1 amide bonds. The minimum absolute atomic E-state index is 0.00621. The average Bonchev–Trinajstić information content (AvgIpc) is 2.85. The number of hydrogen-bond acceptors (Lipinski definition) is 5. The maximum atomic E-state index is 13.3. The fourth-order valence-corrected chi connectivity index (χ4v) is 5.06. The third kappa shape index (κ3) is 4.39. The number of benzene rings is 2. The number of amides is 1. The van der Waals surface area contributed by atoms with Crippen LogP contribution in [0.25, 0.3) is 10.9 Å². The van der Waals surface area contributed by atoms with Gasteiger partial charge in [-0.2, -0.15) is 0 Å². The van der Waals surface area contributed by atoms with Crippen LogP contribution in [0.5, 0.6) is 5.75 Å². The molecule has 0 aliphatic carbocycles. The number of carbonyl (C=O) groups is 1. The van der Waals surface area contributed by atoms with Crippen LogP contribution in [-0.4, -0.2) is 53.1 Å². The molecule has 0 N–H and O–H groups in total. The van der Waals surface area contributed by atoms with Crippen molar-refractivity contribution in [1.29, 1.82) is 0 Å². The van der Waals surface area contributed by atoms with Crippen LogP contribution in [0.15, 0.2) is 47.3 Å². The van der Waals surface area contributed by atoms with Gasteiger partial charge in [0.05, 0.1) is 23.2 Å². The number of hydrogen-bond donors (Lipinski definition) is 0. The summed E-state index contributed by atoms with van der Waals surface area (Å²) in [5.74, 6) is 1.73. The standard InChI is InChI=1S/C27H32N4O3/c1-2-34-24-10-7-6-9-23(24)29-15-17-30(18-16-29)26(32)20-12-13-21-22(19-20)28-25-11-5-3-4-8-14-31(25)27(21)33/h6-7,9-10,12-13,19H,2-5,8,11,14-18H2,1H3. The Morgan fingerprint density at radius 3 is 2.59 bits per heavy atom. The molecule has 3 aromatic rings. The zero-order valence-corrected chi connectivity index (χ0v) is 19.8. The van der Waals surface area contributed by atoms with Crippen molar-refractivity contribution >= 4 is 22.5 Å². The van der Waals surface area contributed by atoms with E-state index in [2.05, 4.69) is 11.0 Å². The van der Waals surface area contributed by atoms with Gasteiger partial charge in [0.2, 0.25) is 0 Å². The van der Waals surface area contributed by atoms with E-state index in [4.69, 9.17) is 9.72 Å². The second-order valence-corrected chi connectivity index (χ2v) is 9.06. The molecule has 1 aromatic heterocycles. The smallest absolute Gasteiger partial charge is 0.261 e. The van der Waals surface area contributed by atoms with Gasteiger partial charge in [-0.25, -0.2) is 4.98 Å². The number of ether oxygens (including phenoxy) is 1. The highest BCUT2D eigenvalue weighted by molar-refractivity contribution is 5.97. The molecule has 3 heterocycles. The fraction of sp³-hybridized carbons (Fsp3) is 0.444. The predicted octanol–water partition coefficient (Wildman–Crippen LogP) is 3.87. The maximum absolute atomic E-state index is 13.3. The van der Waals surface area contributed by atoms with Crippen molar-refractivity contribution in [3.63, 3.8) is 0 Å². The van der Waals surface area contributed by atoms with Crippen LogP contribution < -0.4 is 15.2 Å². The third-order valence-electron chi connectivity index (χ3n) is 6.89. The first-order valence-electron chi connectivity index (χ1n) is 12.4. The Hall–Kier alpha value is -3.35. The molecule has 1 fully saturated rings. The Labute approximate surface area is 200 Å². The van der Waals surface area contributed by atoms with E-state index >= 15 is 0 Å². The summed E-state index contributed by atoms with van der Waals surface area (Å²) in [4.78, 5) is 35.4. The Bertz CT molecular complexity index is 1240. The van der Waals surface area contributed by atoms with Gasteiger partial charge >= 0.3 is 0 Å². The summed E-state index contributed by atoms with van der Waals surface area (Å²) in [6, 6.07) is 13.4. The van der Waals surface area contributed by atoms with Gasteiger partial charge in [-0.15, -0.1) is 0 Å². The summed E-state index contributed by atoms with van der Waals surface area (Å²) in [7, 11) is 0. The van der Waals surface area contributed by atoms with E-state index in [0.717, 1.165) is 62.6 Å². The SMILES string of the molecule is CCOc1ccccc1N1CCN(C(=O)c2ccc3c(=O)n4c(nc3c2)CCCCCC4)CC1. The van der Waals surface area contributed by atoms with Crippen molar-refractivity contribution in [2.75, 3.05) is 37.7 Å². The van der Waals surface area contributed by atoms with Crippen molar-refractivity contribution in [2.24, 2.45) is 0 Å². The van der Waals surface area contributed by atoms with Crippen molar-refractivity contribution in [3.05, 3.63) is 64.2 Å². The highest BCUT2D eigenvalue weighted by Crippen LogP contribution is 2.29. The number of anilines is 1. The molecule has 0 spiro atoms. The van der Waals surface area contributed by atoms with Gasteiger partial charge in [-0.05, 0) is 50.1 Å². The quantitative estimate of drug-likeness (QED) is 0.591. The number of carbonyl (C=O) groups excluding carboxylic acids is 1. The van der Waals surface area contributed by atoms with E-state index in [1.54, 1.807) is 18.2 Å². The molecule has 0 unspecified atom stereocenters. The molecule has 0 radical (unpaired) electrons. The molecule has 2 aromatic carbocycles. The summed E-state index contributed by atoms with van der Waals surface area (Å²) in [5, 5.41) is 0.596. The first kappa shape index (κ1) is 22.4. The summed E-state index contributed by atoms with van der Waals surface area (Å²) in [6.07, 6.45) is 5.20. The number of fused-ring (bicyclic) bond motifs is 2. The summed E-state index contributed by atoms with van der Waals surface area (Å²) in [6.45, 7) is 6.11. The largest absolute Gasteiger partial charge is 0.492 e. The van der Waals surface area contributed by atoms with Crippen molar-refractivity contribution < 1.29 is 9.53 Å². The van der Waals surface area contributed by atoms with E-state index in [0.29, 0.717) is 36.2 Å². The summed E-state index contributed by atoms with van der Waals surface area (Å²) < 4.78 is 7.62. The van der Waals surface area contributed by atoms with Crippen LogP contribution in [0.4, 0.5) is 5.69 Å². The number of rotatable bonds is 4. The van der Waals surface area contributed by atoms with Gasteiger partial charge in [0.1, 0.15) is 11.6 Å².